The summed E-state index contributed by atoms with van der Waals surface area (Å²) in [4.78, 5) is 4.16. The molecule has 1 aromatic heterocycles. The number of rotatable bonds is 6. The maximum Gasteiger partial charge on any atom is 0.416 e. The highest BCUT2D eigenvalue weighted by Crippen LogP contribution is 2.35. The molecule has 1 aliphatic heterocycles. The van der Waals surface area contributed by atoms with Crippen LogP contribution in [0.3, 0.4) is 0 Å². The molecule has 158 valence electrons. The van der Waals surface area contributed by atoms with Crippen LogP contribution in [0.15, 0.2) is 48.7 Å². The number of ether oxygens (including phenoxy) is 3. The third-order valence-corrected chi connectivity index (χ3v) is 4.97. The van der Waals surface area contributed by atoms with Gasteiger partial charge in [0.1, 0.15) is 11.5 Å². The first-order valence-electron chi connectivity index (χ1n) is 9.55. The van der Waals surface area contributed by atoms with Gasteiger partial charge >= 0.3 is 6.18 Å². The molecule has 5 nitrogen and oxygen atoms in total. The smallest absolute Gasteiger partial charge is 0.416 e. The second kappa shape index (κ2) is 8.39. The van der Waals surface area contributed by atoms with E-state index in [1.165, 1.54) is 6.07 Å². The van der Waals surface area contributed by atoms with Gasteiger partial charge in [-0.1, -0.05) is 0 Å². The topological polar surface area (TPSA) is 52.6 Å². The largest absolute Gasteiger partial charge is 0.497 e. The molecule has 3 aromatic rings. The molecule has 30 heavy (non-hydrogen) atoms. The highest BCUT2D eigenvalue weighted by atomic mass is 19.4. The summed E-state index contributed by atoms with van der Waals surface area (Å²) in [6.07, 6.45) is -1.92. The summed E-state index contributed by atoms with van der Waals surface area (Å²) in [5, 5.41) is 3.55. The van der Waals surface area contributed by atoms with Crippen molar-refractivity contribution in [3.05, 3.63) is 54.2 Å². The molecule has 0 spiro atoms. The van der Waals surface area contributed by atoms with Gasteiger partial charge in [0.15, 0.2) is 0 Å². The Kier molecular flexibility index (Phi) is 5.67. The molecule has 2 heterocycles. The van der Waals surface area contributed by atoms with Crippen LogP contribution < -0.4 is 14.8 Å². The van der Waals surface area contributed by atoms with E-state index in [4.69, 9.17) is 14.2 Å². The molecule has 0 saturated carbocycles. The van der Waals surface area contributed by atoms with Gasteiger partial charge in [-0.3, -0.25) is 4.98 Å². The zero-order valence-corrected chi connectivity index (χ0v) is 16.3. The number of anilines is 2. The molecule has 1 aliphatic rings. The van der Waals surface area contributed by atoms with Crippen molar-refractivity contribution < 1.29 is 27.4 Å². The van der Waals surface area contributed by atoms with Crippen LogP contribution in [0.1, 0.15) is 12.0 Å². The monoisotopic (exact) mass is 418 g/mol. The number of hydrogen-bond acceptors (Lipinski definition) is 5. The van der Waals surface area contributed by atoms with Crippen LogP contribution in [0.25, 0.3) is 10.9 Å². The summed E-state index contributed by atoms with van der Waals surface area (Å²) in [6.45, 7) is 1.95. The summed E-state index contributed by atoms with van der Waals surface area (Å²) in [6, 6.07) is 10.5. The van der Waals surface area contributed by atoms with Crippen LogP contribution in [-0.4, -0.2) is 31.9 Å². The molecule has 1 atom stereocenters. The molecule has 1 fully saturated rings. The number of nitrogens with one attached hydrogen (secondary N) is 1. The van der Waals surface area contributed by atoms with Gasteiger partial charge < -0.3 is 19.5 Å². The van der Waals surface area contributed by atoms with E-state index < -0.39 is 11.7 Å². The van der Waals surface area contributed by atoms with Gasteiger partial charge in [0.05, 0.1) is 31.4 Å². The average Bonchev–Trinajstić information content (AvgIpc) is 3.25. The molecule has 4 rings (SSSR count). The first kappa shape index (κ1) is 20.3. The van der Waals surface area contributed by atoms with Gasteiger partial charge in [-0.25, -0.2) is 0 Å². The highest BCUT2D eigenvalue weighted by molar-refractivity contribution is 5.93. The van der Waals surface area contributed by atoms with Crippen LogP contribution in [0, 0.1) is 5.92 Å². The third-order valence-electron chi connectivity index (χ3n) is 4.97. The van der Waals surface area contributed by atoms with Crippen molar-refractivity contribution in [2.24, 2.45) is 5.92 Å². The number of methoxy groups -OCH3 is 1. The average molecular weight is 418 g/mol. The van der Waals surface area contributed by atoms with E-state index in [0.29, 0.717) is 52.9 Å². The van der Waals surface area contributed by atoms with Crippen LogP contribution in [-0.2, 0) is 10.9 Å². The Balaban J connectivity index is 1.62. The van der Waals surface area contributed by atoms with Gasteiger partial charge in [-0.2, -0.15) is 13.2 Å². The fourth-order valence-electron chi connectivity index (χ4n) is 3.36. The van der Waals surface area contributed by atoms with Crippen LogP contribution >= 0.6 is 0 Å². The summed E-state index contributed by atoms with van der Waals surface area (Å²) >= 11 is 0. The number of fused-ring (bicyclic) bond motifs is 1. The number of aromatic nitrogens is 1. The first-order valence-corrected chi connectivity index (χ1v) is 9.55. The summed E-state index contributed by atoms with van der Waals surface area (Å²) in [7, 11) is 1.55. The molecule has 0 bridgehead atoms. The van der Waals surface area contributed by atoms with Gasteiger partial charge in [-0.15, -0.1) is 0 Å². The van der Waals surface area contributed by atoms with Crippen molar-refractivity contribution in [1.29, 1.82) is 0 Å². The Morgan fingerprint density at radius 2 is 1.97 bits per heavy atom. The number of pyridine rings is 1. The highest BCUT2D eigenvalue weighted by Gasteiger charge is 2.30. The fraction of sp³-hybridized carbons (Fsp3) is 0.318. The SMILES string of the molecule is COc1cc(Nc2ccnc3ccc(C(F)(F)F)cc23)cc(OCC2CCOC2)c1. The van der Waals surface area contributed by atoms with Gasteiger partial charge in [0.25, 0.3) is 0 Å². The van der Waals surface area contributed by atoms with Crippen molar-refractivity contribution in [2.75, 3.05) is 32.2 Å². The quantitative estimate of drug-likeness (QED) is 0.579. The number of benzene rings is 2. The predicted octanol–water partition coefficient (Wildman–Crippen LogP) is 5.42. The molecule has 0 radical (unpaired) electrons. The van der Waals surface area contributed by atoms with E-state index in [2.05, 4.69) is 10.3 Å². The number of hydrogen-bond donors (Lipinski definition) is 1. The molecule has 1 N–H and O–H groups in total. The molecule has 8 heteroatoms. The summed E-state index contributed by atoms with van der Waals surface area (Å²) in [5.41, 5.74) is 0.888. The molecular formula is C22H21F3N2O3. The Labute approximate surface area is 171 Å². The van der Waals surface area contributed by atoms with E-state index in [9.17, 15) is 13.2 Å². The van der Waals surface area contributed by atoms with E-state index in [0.717, 1.165) is 25.2 Å². The van der Waals surface area contributed by atoms with Crippen molar-refractivity contribution in [1.82, 2.24) is 4.98 Å². The van der Waals surface area contributed by atoms with Crippen LogP contribution in [0.2, 0.25) is 0 Å². The van der Waals surface area contributed by atoms with Gasteiger partial charge in [-0.05, 0) is 30.7 Å². The number of alkyl halides is 3. The molecule has 1 saturated heterocycles. The normalized spacial score (nSPS) is 16.6. The zero-order chi connectivity index (χ0) is 21.1. The predicted molar refractivity (Wildman–Crippen MR) is 107 cm³/mol. The lowest BCUT2D eigenvalue weighted by Gasteiger charge is -2.15. The fourth-order valence-corrected chi connectivity index (χ4v) is 3.36. The molecule has 1 unspecified atom stereocenters. The van der Waals surface area contributed by atoms with E-state index in [1.807, 2.05) is 0 Å². The lowest BCUT2D eigenvalue weighted by Crippen LogP contribution is -2.11. The van der Waals surface area contributed by atoms with Crippen LogP contribution in [0.4, 0.5) is 24.5 Å². The molecule has 2 aromatic carbocycles. The van der Waals surface area contributed by atoms with Gasteiger partial charge in [0.2, 0.25) is 0 Å². The molecule has 0 amide bonds. The Morgan fingerprint density at radius 1 is 1.13 bits per heavy atom. The standard InChI is InChI=1S/C22H21F3N2O3/c1-28-17-9-16(10-18(11-17)30-13-14-5-7-29-12-14)27-21-4-6-26-20-3-2-15(8-19(20)21)22(23,24)25/h2-4,6,8-11,14H,5,7,12-13H2,1H3,(H,26,27). The van der Waals surface area contributed by atoms with Crippen molar-refractivity contribution >= 4 is 22.3 Å². The van der Waals surface area contributed by atoms with E-state index in [1.54, 1.807) is 37.6 Å². The maximum atomic E-state index is 13.2. The van der Waals surface area contributed by atoms with E-state index >= 15 is 0 Å². The Hall–Kier alpha value is -3.00. The van der Waals surface area contributed by atoms with E-state index in [-0.39, 0.29) is 0 Å². The summed E-state index contributed by atoms with van der Waals surface area (Å²) < 4.78 is 56.1. The minimum atomic E-state index is -4.43. The maximum absolute atomic E-state index is 13.2. The lowest BCUT2D eigenvalue weighted by molar-refractivity contribution is -0.137. The Morgan fingerprint density at radius 3 is 2.70 bits per heavy atom. The zero-order valence-electron chi connectivity index (χ0n) is 16.3. The van der Waals surface area contributed by atoms with Crippen molar-refractivity contribution in [3.8, 4) is 11.5 Å². The first-order chi connectivity index (χ1) is 14.4. The third kappa shape index (κ3) is 4.59. The van der Waals surface area contributed by atoms with Crippen molar-refractivity contribution in [2.45, 2.75) is 12.6 Å². The minimum absolute atomic E-state index is 0.345. The molecular weight excluding hydrogens is 397 g/mol. The second-order valence-electron chi connectivity index (χ2n) is 7.15. The van der Waals surface area contributed by atoms with Gasteiger partial charge in [0, 0.05) is 53.7 Å². The minimum Gasteiger partial charge on any atom is -0.497 e. The van der Waals surface area contributed by atoms with Crippen molar-refractivity contribution in [3.63, 3.8) is 0 Å². The summed E-state index contributed by atoms with van der Waals surface area (Å²) in [5.74, 6) is 1.53. The Bertz CT molecular complexity index is 1030. The number of nitrogens with zero attached hydrogens (tertiary/aromatic N) is 1. The molecule has 0 aliphatic carbocycles. The lowest BCUT2D eigenvalue weighted by atomic mass is 10.1. The second-order valence-corrected chi connectivity index (χ2v) is 7.15. The number of halogens is 3. The van der Waals surface area contributed by atoms with Crippen LogP contribution in [0.5, 0.6) is 11.5 Å².